The number of hydrogen-bond donors (Lipinski definition) is 3. The summed E-state index contributed by atoms with van der Waals surface area (Å²) in [7, 11) is 1.70. The quantitative estimate of drug-likeness (QED) is 0.358. The fourth-order valence-corrected chi connectivity index (χ4v) is 2.24. The van der Waals surface area contributed by atoms with E-state index >= 15 is 0 Å². The first kappa shape index (κ1) is 19.7. The smallest absolute Gasteiger partial charge is 0.191 e. The van der Waals surface area contributed by atoms with Crippen LogP contribution in [0.15, 0.2) is 29.3 Å². The van der Waals surface area contributed by atoms with Crippen molar-refractivity contribution in [3.63, 3.8) is 0 Å². The Hall–Kier alpha value is -1.35. The van der Waals surface area contributed by atoms with Crippen LogP contribution in [0.4, 0.5) is 0 Å². The molecule has 0 amide bonds. The number of nitrogens with one attached hydrogen (secondary N) is 3. The molecule has 0 bridgehead atoms. The van der Waals surface area contributed by atoms with Gasteiger partial charge >= 0.3 is 0 Å². The molecule has 2 rings (SSSR count). The number of aliphatic imine (C=N–C) groups is 1. The lowest BCUT2D eigenvalue weighted by Crippen LogP contribution is -2.44. The van der Waals surface area contributed by atoms with E-state index < -0.39 is 0 Å². The third-order valence-electron chi connectivity index (χ3n) is 3.20. The van der Waals surface area contributed by atoms with Crippen molar-refractivity contribution in [2.75, 3.05) is 26.8 Å². The van der Waals surface area contributed by atoms with E-state index in [9.17, 15) is 0 Å². The van der Waals surface area contributed by atoms with Gasteiger partial charge in [-0.3, -0.25) is 4.99 Å². The zero-order valence-electron chi connectivity index (χ0n) is 13.9. The van der Waals surface area contributed by atoms with Gasteiger partial charge in [-0.15, -0.1) is 24.0 Å². The molecule has 0 radical (unpaired) electrons. The largest absolute Gasteiger partial charge is 0.383 e. The maximum Gasteiger partial charge on any atom is 0.191 e. The van der Waals surface area contributed by atoms with Gasteiger partial charge in [-0.05, 0) is 26.0 Å². The van der Waals surface area contributed by atoms with E-state index in [-0.39, 0.29) is 30.0 Å². The summed E-state index contributed by atoms with van der Waals surface area (Å²) in [6.45, 7) is 6.27. The van der Waals surface area contributed by atoms with Crippen molar-refractivity contribution < 1.29 is 4.74 Å². The van der Waals surface area contributed by atoms with Crippen LogP contribution in [0.5, 0.6) is 0 Å². The Balaban J connectivity index is 0.00000264. The Morgan fingerprint density at radius 2 is 2.17 bits per heavy atom. The minimum absolute atomic E-state index is 0. The average Bonchev–Trinajstić information content (AvgIpc) is 2.90. The molecule has 1 aromatic heterocycles. The van der Waals surface area contributed by atoms with Gasteiger partial charge in [-0.1, -0.05) is 12.1 Å². The van der Waals surface area contributed by atoms with Crippen molar-refractivity contribution in [3.05, 3.63) is 30.1 Å². The number of para-hydroxylation sites is 2. The van der Waals surface area contributed by atoms with E-state index in [0.29, 0.717) is 13.2 Å². The van der Waals surface area contributed by atoms with Crippen LogP contribution in [-0.2, 0) is 11.2 Å². The first-order chi connectivity index (χ1) is 10.7. The zero-order valence-corrected chi connectivity index (χ0v) is 16.3. The highest BCUT2D eigenvalue weighted by atomic mass is 127. The number of guanidine groups is 1. The number of H-pyrrole nitrogens is 1. The molecule has 23 heavy (non-hydrogen) atoms. The Morgan fingerprint density at radius 3 is 2.87 bits per heavy atom. The van der Waals surface area contributed by atoms with Crippen molar-refractivity contribution in [1.82, 2.24) is 20.6 Å². The normalized spacial score (nSPS) is 12.7. The van der Waals surface area contributed by atoms with Crippen LogP contribution in [0.25, 0.3) is 11.0 Å². The Kier molecular flexibility index (Phi) is 8.93. The number of hydrogen-bond acceptors (Lipinski definition) is 3. The van der Waals surface area contributed by atoms with E-state index in [2.05, 4.69) is 39.4 Å². The number of benzene rings is 1. The fourth-order valence-electron chi connectivity index (χ4n) is 2.24. The molecule has 0 saturated heterocycles. The summed E-state index contributed by atoms with van der Waals surface area (Å²) in [6.07, 6.45) is 0.782. The van der Waals surface area contributed by atoms with Crippen LogP contribution in [0.1, 0.15) is 19.7 Å². The number of aromatic amines is 1. The summed E-state index contributed by atoms with van der Waals surface area (Å²) in [5.41, 5.74) is 2.07. The number of methoxy groups -OCH3 is 1. The second-order valence-corrected chi connectivity index (χ2v) is 5.21. The third-order valence-corrected chi connectivity index (χ3v) is 3.20. The minimum Gasteiger partial charge on any atom is -0.383 e. The van der Waals surface area contributed by atoms with Gasteiger partial charge < -0.3 is 20.4 Å². The number of aromatic nitrogens is 2. The summed E-state index contributed by atoms with van der Waals surface area (Å²) in [4.78, 5) is 12.5. The van der Waals surface area contributed by atoms with Gasteiger partial charge in [0.15, 0.2) is 5.96 Å². The van der Waals surface area contributed by atoms with Gasteiger partial charge in [0.1, 0.15) is 5.82 Å². The lowest BCUT2D eigenvalue weighted by molar-refractivity contribution is 0.179. The number of fused-ring (bicyclic) bond motifs is 1. The summed E-state index contributed by atoms with van der Waals surface area (Å²) < 4.78 is 5.13. The number of nitrogens with zero attached hydrogens (tertiary/aromatic N) is 2. The highest BCUT2D eigenvalue weighted by Gasteiger charge is 2.05. The first-order valence-corrected chi connectivity index (χ1v) is 7.70. The first-order valence-electron chi connectivity index (χ1n) is 7.70. The van der Waals surface area contributed by atoms with Crippen molar-refractivity contribution >= 4 is 41.0 Å². The maximum atomic E-state index is 5.13. The molecular weight excluding hydrogens is 405 g/mol. The van der Waals surface area contributed by atoms with E-state index in [1.165, 1.54) is 0 Å². The summed E-state index contributed by atoms with van der Waals surface area (Å²) in [5, 5.41) is 6.55. The molecule has 0 aliphatic heterocycles. The topological polar surface area (TPSA) is 74.3 Å². The molecule has 2 aromatic rings. The standard InChI is InChI=1S/C16H25N5O.HI/c1-4-17-16(19-12(2)11-22-3)18-10-9-15-20-13-7-5-6-8-14(13)21-15;/h5-8,12H,4,9-11H2,1-3H3,(H,20,21)(H2,17,18,19);1H. The van der Waals surface area contributed by atoms with Crippen LogP contribution in [-0.4, -0.2) is 48.8 Å². The molecule has 1 atom stereocenters. The molecule has 6 nitrogen and oxygen atoms in total. The molecule has 0 spiro atoms. The molecule has 0 aliphatic rings. The van der Waals surface area contributed by atoms with E-state index in [4.69, 9.17) is 4.74 Å². The number of imidazole rings is 1. The molecule has 3 N–H and O–H groups in total. The number of rotatable bonds is 7. The Morgan fingerprint density at radius 1 is 1.39 bits per heavy atom. The zero-order chi connectivity index (χ0) is 15.8. The molecule has 1 aromatic carbocycles. The van der Waals surface area contributed by atoms with Crippen LogP contribution < -0.4 is 10.6 Å². The molecule has 128 valence electrons. The fraction of sp³-hybridized carbons (Fsp3) is 0.500. The minimum atomic E-state index is 0. The van der Waals surface area contributed by atoms with Crippen molar-refractivity contribution in [3.8, 4) is 0 Å². The molecular formula is C16H26IN5O. The lowest BCUT2D eigenvalue weighted by atomic mass is 10.3. The monoisotopic (exact) mass is 431 g/mol. The van der Waals surface area contributed by atoms with E-state index in [1.54, 1.807) is 7.11 Å². The van der Waals surface area contributed by atoms with Crippen molar-refractivity contribution in [2.45, 2.75) is 26.3 Å². The van der Waals surface area contributed by atoms with Gasteiger partial charge in [0, 0.05) is 32.7 Å². The molecule has 0 saturated carbocycles. The van der Waals surface area contributed by atoms with Gasteiger partial charge in [-0.25, -0.2) is 4.98 Å². The maximum absolute atomic E-state index is 5.13. The van der Waals surface area contributed by atoms with Crippen LogP contribution >= 0.6 is 24.0 Å². The number of ether oxygens (including phenoxy) is 1. The van der Waals surface area contributed by atoms with Crippen LogP contribution in [0.3, 0.4) is 0 Å². The Labute approximate surface area is 154 Å². The second-order valence-electron chi connectivity index (χ2n) is 5.21. The van der Waals surface area contributed by atoms with E-state index in [0.717, 1.165) is 35.8 Å². The molecule has 0 fully saturated rings. The molecule has 1 heterocycles. The highest BCUT2D eigenvalue weighted by molar-refractivity contribution is 14.0. The SMILES string of the molecule is CCNC(=NCCc1nc2ccccc2[nH]1)NC(C)COC.I. The predicted octanol–water partition coefficient (Wildman–Crippen LogP) is 2.31. The van der Waals surface area contributed by atoms with Gasteiger partial charge in [0.2, 0.25) is 0 Å². The summed E-state index contributed by atoms with van der Waals surface area (Å²) in [6, 6.07) is 8.26. The molecule has 0 aliphatic carbocycles. The highest BCUT2D eigenvalue weighted by Crippen LogP contribution is 2.10. The lowest BCUT2D eigenvalue weighted by Gasteiger charge is -2.16. The van der Waals surface area contributed by atoms with Crippen LogP contribution in [0.2, 0.25) is 0 Å². The second kappa shape index (κ2) is 10.4. The molecule has 7 heteroatoms. The van der Waals surface area contributed by atoms with Gasteiger partial charge in [0.25, 0.3) is 0 Å². The van der Waals surface area contributed by atoms with Crippen LogP contribution in [0, 0.1) is 0 Å². The number of halogens is 1. The van der Waals surface area contributed by atoms with Gasteiger partial charge in [-0.2, -0.15) is 0 Å². The Bertz CT molecular complexity index is 580. The molecule has 1 unspecified atom stereocenters. The van der Waals surface area contributed by atoms with Gasteiger partial charge in [0.05, 0.1) is 17.6 Å². The van der Waals surface area contributed by atoms with E-state index in [1.807, 2.05) is 24.3 Å². The average molecular weight is 431 g/mol. The summed E-state index contributed by atoms with van der Waals surface area (Å²) in [5.74, 6) is 1.77. The third kappa shape index (κ3) is 6.34. The van der Waals surface area contributed by atoms with Crippen molar-refractivity contribution in [2.24, 2.45) is 4.99 Å². The van der Waals surface area contributed by atoms with Crippen molar-refractivity contribution in [1.29, 1.82) is 0 Å². The predicted molar refractivity (Wildman–Crippen MR) is 106 cm³/mol. The summed E-state index contributed by atoms with van der Waals surface area (Å²) >= 11 is 0.